The molecule has 0 heterocycles. The molecule has 0 aliphatic carbocycles. The van der Waals surface area contributed by atoms with Gasteiger partial charge in [0.05, 0.1) is 12.2 Å². The van der Waals surface area contributed by atoms with Crippen LogP contribution in [0.25, 0.3) is 0 Å². The largest absolute Gasteiger partial charge is 0.385 e. The lowest BCUT2D eigenvalue weighted by Gasteiger charge is -2.04. The van der Waals surface area contributed by atoms with Crippen LogP contribution in [0, 0.1) is 17.1 Å². The Bertz CT molecular complexity index is 374. The number of rotatable bonds is 6. The maximum absolute atomic E-state index is 13.0. The molecule has 0 saturated heterocycles. The summed E-state index contributed by atoms with van der Waals surface area (Å²) in [6.45, 7) is 1.64. The Kier molecular flexibility index (Phi) is 5.48. The van der Waals surface area contributed by atoms with Crippen molar-refractivity contribution >= 4 is 0 Å². The standard InChI is InChI=1S/C12H14FNO2/c1-15-5-2-6-16-9-10-3-4-12(13)11(7-10)8-14/h3-4,7H,2,5-6,9H2,1H3. The van der Waals surface area contributed by atoms with Crippen LogP contribution in [-0.4, -0.2) is 20.3 Å². The topological polar surface area (TPSA) is 42.2 Å². The van der Waals surface area contributed by atoms with E-state index in [9.17, 15) is 4.39 Å². The molecule has 0 N–H and O–H groups in total. The molecule has 1 aromatic rings. The van der Waals surface area contributed by atoms with E-state index in [4.69, 9.17) is 14.7 Å². The Morgan fingerprint density at radius 3 is 2.88 bits per heavy atom. The van der Waals surface area contributed by atoms with Gasteiger partial charge < -0.3 is 9.47 Å². The first-order valence-corrected chi connectivity index (χ1v) is 5.03. The summed E-state index contributed by atoms with van der Waals surface area (Å²) in [5.74, 6) is -0.495. The predicted molar refractivity (Wildman–Crippen MR) is 57.3 cm³/mol. The number of halogens is 1. The van der Waals surface area contributed by atoms with E-state index >= 15 is 0 Å². The highest BCUT2D eigenvalue weighted by atomic mass is 19.1. The summed E-state index contributed by atoms with van der Waals surface area (Å²) in [4.78, 5) is 0. The summed E-state index contributed by atoms with van der Waals surface area (Å²) in [6.07, 6.45) is 0.822. The Morgan fingerprint density at radius 1 is 1.38 bits per heavy atom. The van der Waals surface area contributed by atoms with Gasteiger partial charge in [-0.1, -0.05) is 6.07 Å². The van der Waals surface area contributed by atoms with Crippen LogP contribution in [0.2, 0.25) is 0 Å². The van der Waals surface area contributed by atoms with Gasteiger partial charge in [0.25, 0.3) is 0 Å². The second kappa shape index (κ2) is 6.94. The SMILES string of the molecule is COCCCOCc1ccc(F)c(C#N)c1. The van der Waals surface area contributed by atoms with Crippen molar-refractivity contribution in [2.75, 3.05) is 20.3 Å². The van der Waals surface area contributed by atoms with Gasteiger partial charge in [-0.2, -0.15) is 5.26 Å². The molecule has 0 spiro atoms. The van der Waals surface area contributed by atoms with E-state index in [1.807, 2.05) is 0 Å². The third kappa shape index (κ3) is 3.97. The molecule has 1 rings (SSSR count). The van der Waals surface area contributed by atoms with Crippen molar-refractivity contribution in [3.05, 3.63) is 35.1 Å². The van der Waals surface area contributed by atoms with E-state index in [-0.39, 0.29) is 5.56 Å². The zero-order valence-electron chi connectivity index (χ0n) is 9.20. The van der Waals surface area contributed by atoms with E-state index in [0.29, 0.717) is 19.8 Å². The summed E-state index contributed by atoms with van der Waals surface area (Å²) in [5, 5.41) is 8.64. The Morgan fingerprint density at radius 2 is 2.19 bits per heavy atom. The van der Waals surface area contributed by atoms with Gasteiger partial charge in [-0.05, 0) is 24.1 Å². The first-order valence-electron chi connectivity index (χ1n) is 5.03. The minimum Gasteiger partial charge on any atom is -0.385 e. The monoisotopic (exact) mass is 223 g/mol. The molecule has 0 radical (unpaired) electrons. The highest BCUT2D eigenvalue weighted by molar-refractivity contribution is 5.34. The molecule has 0 fully saturated rings. The first kappa shape index (κ1) is 12.6. The van der Waals surface area contributed by atoms with E-state index in [0.717, 1.165) is 12.0 Å². The molecule has 86 valence electrons. The van der Waals surface area contributed by atoms with E-state index in [1.165, 1.54) is 12.1 Å². The molecule has 0 amide bonds. The maximum Gasteiger partial charge on any atom is 0.140 e. The fraction of sp³-hybridized carbons (Fsp3) is 0.417. The van der Waals surface area contributed by atoms with Crippen LogP contribution in [0.3, 0.4) is 0 Å². The van der Waals surface area contributed by atoms with E-state index in [1.54, 1.807) is 19.2 Å². The van der Waals surface area contributed by atoms with Crippen LogP contribution in [0.5, 0.6) is 0 Å². The third-order valence-corrected chi connectivity index (χ3v) is 2.06. The summed E-state index contributed by atoms with van der Waals surface area (Å²) in [7, 11) is 1.64. The molecule has 4 heteroatoms. The number of nitriles is 1. The van der Waals surface area contributed by atoms with Gasteiger partial charge in [0.1, 0.15) is 11.9 Å². The molecule has 0 aromatic heterocycles. The number of hydrogen-bond donors (Lipinski definition) is 0. The molecule has 16 heavy (non-hydrogen) atoms. The second-order valence-electron chi connectivity index (χ2n) is 3.32. The molecule has 3 nitrogen and oxygen atoms in total. The molecule has 0 bridgehead atoms. The third-order valence-electron chi connectivity index (χ3n) is 2.06. The summed E-state index contributed by atoms with van der Waals surface area (Å²) in [5.41, 5.74) is 0.855. The molecule has 0 unspecified atom stereocenters. The molecule has 1 aromatic carbocycles. The average molecular weight is 223 g/mol. The molecule has 0 atom stereocenters. The lowest BCUT2D eigenvalue weighted by Crippen LogP contribution is -2.00. The maximum atomic E-state index is 13.0. The Balaban J connectivity index is 2.40. The molecule has 0 aliphatic heterocycles. The van der Waals surface area contributed by atoms with Crippen LogP contribution >= 0.6 is 0 Å². The summed E-state index contributed by atoms with van der Waals surface area (Å²) in [6, 6.07) is 6.20. The highest BCUT2D eigenvalue weighted by Crippen LogP contribution is 2.10. The average Bonchev–Trinajstić information content (AvgIpc) is 2.31. The summed E-state index contributed by atoms with van der Waals surface area (Å²) >= 11 is 0. The number of ether oxygens (including phenoxy) is 2. The van der Waals surface area contributed by atoms with Crippen molar-refractivity contribution in [1.29, 1.82) is 5.26 Å². The van der Waals surface area contributed by atoms with Crippen molar-refractivity contribution in [2.24, 2.45) is 0 Å². The zero-order valence-corrected chi connectivity index (χ0v) is 9.20. The normalized spacial score (nSPS) is 10.1. The Labute approximate surface area is 94.4 Å². The van der Waals surface area contributed by atoms with Crippen molar-refractivity contribution in [3.8, 4) is 6.07 Å². The van der Waals surface area contributed by atoms with Gasteiger partial charge in [-0.25, -0.2) is 4.39 Å². The number of benzene rings is 1. The Hall–Kier alpha value is -1.44. The molecule has 0 saturated carbocycles. The lowest BCUT2D eigenvalue weighted by molar-refractivity contribution is 0.0928. The van der Waals surface area contributed by atoms with Gasteiger partial charge in [0.15, 0.2) is 0 Å². The minimum atomic E-state index is -0.495. The van der Waals surface area contributed by atoms with Gasteiger partial charge in [-0.15, -0.1) is 0 Å². The molecule has 0 aliphatic rings. The quantitative estimate of drug-likeness (QED) is 0.694. The predicted octanol–water partition coefficient (Wildman–Crippen LogP) is 2.25. The number of hydrogen-bond acceptors (Lipinski definition) is 3. The number of nitrogens with zero attached hydrogens (tertiary/aromatic N) is 1. The van der Waals surface area contributed by atoms with Gasteiger partial charge >= 0.3 is 0 Å². The highest BCUT2D eigenvalue weighted by Gasteiger charge is 2.02. The van der Waals surface area contributed by atoms with Crippen molar-refractivity contribution in [3.63, 3.8) is 0 Å². The van der Waals surface area contributed by atoms with Crippen LogP contribution in [-0.2, 0) is 16.1 Å². The van der Waals surface area contributed by atoms with Gasteiger partial charge in [0, 0.05) is 20.3 Å². The van der Waals surface area contributed by atoms with Crippen molar-refractivity contribution in [2.45, 2.75) is 13.0 Å². The first-order chi connectivity index (χ1) is 7.77. The van der Waals surface area contributed by atoms with Crippen LogP contribution < -0.4 is 0 Å². The van der Waals surface area contributed by atoms with Crippen LogP contribution in [0.1, 0.15) is 17.5 Å². The van der Waals surface area contributed by atoms with Gasteiger partial charge in [0.2, 0.25) is 0 Å². The molecular formula is C12H14FNO2. The van der Waals surface area contributed by atoms with Gasteiger partial charge in [-0.3, -0.25) is 0 Å². The van der Waals surface area contributed by atoms with Crippen molar-refractivity contribution < 1.29 is 13.9 Å². The van der Waals surface area contributed by atoms with Crippen molar-refractivity contribution in [1.82, 2.24) is 0 Å². The van der Waals surface area contributed by atoms with Crippen LogP contribution in [0.4, 0.5) is 4.39 Å². The lowest BCUT2D eigenvalue weighted by atomic mass is 10.1. The number of methoxy groups -OCH3 is 1. The second-order valence-corrected chi connectivity index (χ2v) is 3.32. The van der Waals surface area contributed by atoms with E-state index in [2.05, 4.69) is 0 Å². The minimum absolute atomic E-state index is 0.0537. The summed E-state index contributed by atoms with van der Waals surface area (Å²) < 4.78 is 23.2. The van der Waals surface area contributed by atoms with Crippen LogP contribution in [0.15, 0.2) is 18.2 Å². The smallest absolute Gasteiger partial charge is 0.140 e. The van der Waals surface area contributed by atoms with E-state index < -0.39 is 5.82 Å². The zero-order chi connectivity index (χ0) is 11.8. The fourth-order valence-corrected chi connectivity index (χ4v) is 1.24. The fourth-order valence-electron chi connectivity index (χ4n) is 1.24. The molecular weight excluding hydrogens is 209 g/mol.